The molecule has 4 heteroatoms. The van der Waals surface area contributed by atoms with Crippen LogP contribution in [0, 0.1) is 0 Å². The van der Waals surface area contributed by atoms with Gasteiger partial charge in [0.2, 0.25) is 5.91 Å². The zero-order chi connectivity index (χ0) is 14.2. The van der Waals surface area contributed by atoms with Gasteiger partial charge in [-0.25, -0.2) is 0 Å². The molecule has 2 heterocycles. The highest BCUT2D eigenvalue weighted by Crippen LogP contribution is 2.09. The molecule has 0 aliphatic carbocycles. The minimum Gasteiger partial charge on any atom is -0.465 e. The van der Waals surface area contributed by atoms with Crippen LogP contribution in [0.4, 0.5) is 0 Å². The van der Waals surface area contributed by atoms with Gasteiger partial charge in [-0.1, -0.05) is 13.3 Å². The topological polar surface area (TPSA) is 45.5 Å². The average molecular weight is 276 g/mol. The number of nitrogens with one attached hydrogen (secondary N) is 1. The van der Waals surface area contributed by atoms with Crippen molar-refractivity contribution in [1.29, 1.82) is 0 Å². The molecule has 0 bridgehead atoms. The van der Waals surface area contributed by atoms with Crippen LogP contribution >= 0.6 is 0 Å². The van der Waals surface area contributed by atoms with E-state index in [9.17, 15) is 4.79 Å². The smallest absolute Gasteiger partial charge is 0.246 e. The van der Waals surface area contributed by atoms with Gasteiger partial charge in [-0.15, -0.1) is 0 Å². The van der Waals surface area contributed by atoms with Crippen LogP contribution in [-0.4, -0.2) is 36.5 Å². The van der Waals surface area contributed by atoms with Gasteiger partial charge in [0, 0.05) is 25.2 Å². The lowest BCUT2D eigenvalue weighted by Crippen LogP contribution is -2.40. The highest BCUT2D eigenvalue weighted by Gasteiger charge is 2.19. The van der Waals surface area contributed by atoms with Crippen LogP contribution in [0.25, 0.3) is 6.08 Å². The first-order chi connectivity index (χ1) is 9.79. The fourth-order valence-electron chi connectivity index (χ4n) is 2.46. The molecule has 0 aromatic carbocycles. The summed E-state index contributed by atoms with van der Waals surface area (Å²) in [6, 6.07) is 4.12. The molecule has 1 aromatic heterocycles. The molecular formula is C16H24N2O2. The summed E-state index contributed by atoms with van der Waals surface area (Å²) in [5.41, 5.74) is 0. The highest BCUT2D eigenvalue weighted by molar-refractivity contribution is 5.91. The zero-order valence-electron chi connectivity index (χ0n) is 12.2. The lowest BCUT2D eigenvalue weighted by molar-refractivity contribution is -0.126. The van der Waals surface area contributed by atoms with Gasteiger partial charge >= 0.3 is 0 Å². The third-order valence-electron chi connectivity index (χ3n) is 3.63. The Balaban J connectivity index is 1.91. The third kappa shape index (κ3) is 4.53. The van der Waals surface area contributed by atoms with Crippen LogP contribution in [0.15, 0.2) is 28.9 Å². The van der Waals surface area contributed by atoms with Crippen LogP contribution in [0.3, 0.4) is 0 Å². The average Bonchev–Trinajstić information content (AvgIpc) is 3.13. The van der Waals surface area contributed by atoms with Crippen molar-refractivity contribution in [3.8, 4) is 0 Å². The van der Waals surface area contributed by atoms with Crippen LogP contribution < -0.4 is 5.32 Å². The van der Waals surface area contributed by atoms with Gasteiger partial charge in [-0.05, 0) is 44.0 Å². The number of unbranched alkanes of at least 4 members (excludes halogenated alkanes) is 1. The first-order valence-electron chi connectivity index (χ1n) is 7.53. The molecule has 0 radical (unpaired) electrons. The monoisotopic (exact) mass is 276 g/mol. The lowest BCUT2D eigenvalue weighted by Gasteiger charge is -2.24. The van der Waals surface area contributed by atoms with E-state index in [1.54, 1.807) is 18.4 Å². The second-order valence-electron chi connectivity index (χ2n) is 5.28. The van der Waals surface area contributed by atoms with Crippen LogP contribution in [0.2, 0.25) is 0 Å². The molecule has 2 rings (SSSR count). The predicted octanol–water partition coefficient (Wildman–Crippen LogP) is 2.67. The Kier molecular flexibility index (Phi) is 5.87. The maximum Gasteiger partial charge on any atom is 0.246 e. The van der Waals surface area contributed by atoms with Crippen molar-refractivity contribution in [2.24, 2.45) is 0 Å². The number of carbonyl (C=O) groups is 1. The van der Waals surface area contributed by atoms with Gasteiger partial charge < -0.3 is 14.6 Å². The molecule has 1 unspecified atom stereocenters. The highest BCUT2D eigenvalue weighted by atomic mass is 16.3. The summed E-state index contributed by atoms with van der Waals surface area (Å²) < 4.78 is 5.21. The fourth-order valence-corrected chi connectivity index (χ4v) is 2.46. The second kappa shape index (κ2) is 7.90. The maximum atomic E-state index is 12.3. The quantitative estimate of drug-likeness (QED) is 0.779. The molecule has 1 amide bonds. The molecule has 110 valence electrons. The summed E-state index contributed by atoms with van der Waals surface area (Å²) in [6.07, 6.45) is 9.49. The molecule has 1 N–H and O–H groups in total. The third-order valence-corrected chi connectivity index (χ3v) is 3.63. The van der Waals surface area contributed by atoms with Crippen molar-refractivity contribution >= 4 is 12.0 Å². The predicted molar refractivity (Wildman–Crippen MR) is 80.3 cm³/mol. The number of amides is 1. The van der Waals surface area contributed by atoms with E-state index < -0.39 is 0 Å². The van der Waals surface area contributed by atoms with E-state index in [1.807, 2.05) is 17.0 Å². The Morgan fingerprint density at radius 3 is 3.15 bits per heavy atom. The Labute approximate surface area is 120 Å². The van der Waals surface area contributed by atoms with Gasteiger partial charge in [0.25, 0.3) is 0 Å². The summed E-state index contributed by atoms with van der Waals surface area (Å²) in [6.45, 7) is 4.86. The number of furan rings is 1. The minimum absolute atomic E-state index is 0.0727. The SMILES string of the molecule is CCCCN(CC1CCCN1)C(=O)/C=C/c1ccco1. The largest absolute Gasteiger partial charge is 0.465 e. The van der Waals surface area contributed by atoms with Crippen molar-refractivity contribution in [3.63, 3.8) is 0 Å². The van der Waals surface area contributed by atoms with Gasteiger partial charge in [0.15, 0.2) is 0 Å². The van der Waals surface area contributed by atoms with Crippen molar-refractivity contribution < 1.29 is 9.21 Å². The summed E-state index contributed by atoms with van der Waals surface area (Å²) in [5.74, 6) is 0.788. The minimum atomic E-state index is 0.0727. The molecule has 0 spiro atoms. The van der Waals surface area contributed by atoms with Gasteiger partial charge in [0.1, 0.15) is 5.76 Å². The van der Waals surface area contributed by atoms with Gasteiger partial charge in [0.05, 0.1) is 6.26 Å². The summed E-state index contributed by atoms with van der Waals surface area (Å²) in [5, 5.41) is 3.45. The van der Waals surface area contributed by atoms with E-state index in [0.717, 1.165) is 38.9 Å². The van der Waals surface area contributed by atoms with Crippen LogP contribution in [0.1, 0.15) is 38.4 Å². The van der Waals surface area contributed by atoms with Crippen molar-refractivity contribution in [1.82, 2.24) is 10.2 Å². The van der Waals surface area contributed by atoms with E-state index in [0.29, 0.717) is 11.8 Å². The number of hydrogen-bond acceptors (Lipinski definition) is 3. The molecule has 1 fully saturated rings. The van der Waals surface area contributed by atoms with Gasteiger partial charge in [-0.3, -0.25) is 4.79 Å². The molecule has 1 saturated heterocycles. The number of hydrogen-bond donors (Lipinski definition) is 1. The maximum absolute atomic E-state index is 12.3. The normalized spacial score (nSPS) is 18.8. The van der Waals surface area contributed by atoms with Crippen LogP contribution in [-0.2, 0) is 4.79 Å². The van der Waals surface area contributed by atoms with E-state index in [1.165, 1.54) is 6.42 Å². The standard InChI is InChI=1S/C16H24N2O2/c1-2-3-11-18(13-14-6-4-10-17-14)16(19)9-8-15-7-5-12-20-15/h5,7-9,12,14,17H,2-4,6,10-11,13H2,1H3/b9-8+. The van der Waals surface area contributed by atoms with Crippen LogP contribution in [0.5, 0.6) is 0 Å². The summed E-state index contributed by atoms with van der Waals surface area (Å²) in [4.78, 5) is 14.3. The van der Waals surface area contributed by atoms with Crippen molar-refractivity contribution in [2.75, 3.05) is 19.6 Å². The van der Waals surface area contributed by atoms with Crippen molar-refractivity contribution in [3.05, 3.63) is 30.2 Å². The van der Waals surface area contributed by atoms with E-state index >= 15 is 0 Å². The number of rotatable bonds is 7. The zero-order valence-corrected chi connectivity index (χ0v) is 12.2. The molecule has 0 saturated carbocycles. The summed E-state index contributed by atoms with van der Waals surface area (Å²) in [7, 11) is 0. The Bertz CT molecular complexity index is 420. The van der Waals surface area contributed by atoms with E-state index in [4.69, 9.17) is 4.42 Å². The molecule has 20 heavy (non-hydrogen) atoms. The Hall–Kier alpha value is -1.55. The first-order valence-corrected chi connectivity index (χ1v) is 7.53. The molecule has 1 atom stereocenters. The Morgan fingerprint density at radius 2 is 2.50 bits per heavy atom. The molecule has 1 aliphatic rings. The van der Waals surface area contributed by atoms with E-state index in [2.05, 4.69) is 12.2 Å². The molecule has 1 aromatic rings. The van der Waals surface area contributed by atoms with Crippen molar-refractivity contribution in [2.45, 2.75) is 38.6 Å². The summed E-state index contributed by atoms with van der Waals surface area (Å²) >= 11 is 0. The van der Waals surface area contributed by atoms with Gasteiger partial charge in [-0.2, -0.15) is 0 Å². The molecule has 1 aliphatic heterocycles. The second-order valence-corrected chi connectivity index (χ2v) is 5.28. The first kappa shape index (κ1) is 14.9. The lowest BCUT2D eigenvalue weighted by atomic mass is 10.2. The molecular weight excluding hydrogens is 252 g/mol. The number of nitrogens with zero attached hydrogens (tertiary/aromatic N) is 1. The van der Waals surface area contributed by atoms with E-state index in [-0.39, 0.29) is 5.91 Å². The fraction of sp³-hybridized carbons (Fsp3) is 0.562. The molecule has 4 nitrogen and oxygen atoms in total. The number of carbonyl (C=O) groups excluding carboxylic acids is 1. The Morgan fingerprint density at radius 1 is 1.60 bits per heavy atom.